The van der Waals surface area contributed by atoms with E-state index in [9.17, 15) is 27.6 Å². The first kappa shape index (κ1) is 37.5. The molecule has 0 saturated carbocycles. The topological polar surface area (TPSA) is 88.1 Å². The maximum absolute atomic E-state index is 13.6. The number of carbonyl (C=O) groups is 3. The molecule has 0 aliphatic heterocycles. The molecule has 0 bridgehead atoms. The molecule has 1 aliphatic rings. The number of hydrogen-bond donors (Lipinski definition) is 0. The van der Waals surface area contributed by atoms with Crippen molar-refractivity contribution in [3.8, 4) is 5.75 Å². The Kier molecular flexibility index (Phi) is 15.2. The highest BCUT2D eigenvalue weighted by atomic mass is 19.4. The Labute approximate surface area is 275 Å². The van der Waals surface area contributed by atoms with Gasteiger partial charge in [-0.05, 0) is 54.3 Å². The minimum Gasteiger partial charge on any atom is -0.463 e. The Balaban J connectivity index is 1.65. The van der Waals surface area contributed by atoms with Gasteiger partial charge in [-0.15, -0.1) is 0 Å². The van der Waals surface area contributed by atoms with Crippen molar-refractivity contribution in [2.45, 2.75) is 102 Å². The number of benzene rings is 2. The molecule has 0 aromatic heterocycles. The fourth-order valence-electron chi connectivity index (χ4n) is 4.94. The van der Waals surface area contributed by atoms with Gasteiger partial charge in [0.25, 0.3) is 6.10 Å². The van der Waals surface area contributed by atoms with Gasteiger partial charge < -0.3 is 18.9 Å². The van der Waals surface area contributed by atoms with Crippen LogP contribution in [0, 0.1) is 0 Å². The summed E-state index contributed by atoms with van der Waals surface area (Å²) in [5, 5.41) is 0. The average molecular weight is 659 g/mol. The molecule has 2 aromatic rings. The minimum absolute atomic E-state index is 0.0548. The van der Waals surface area contributed by atoms with E-state index in [0.29, 0.717) is 19.4 Å². The third kappa shape index (κ3) is 12.0. The van der Waals surface area contributed by atoms with Gasteiger partial charge in [-0.1, -0.05) is 108 Å². The normalized spacial score (nSPS) is 16.7. The number of unbranched alkanes of at least 4 members (excludes halogenated alkanes) is 8. The minimum atomic E-state index is -5.15. The lowest BCUT2D eigenvalue weighted by Gasteiger charge is -2.30. The molecule has 0 radical (unpaired) electrons. The molecular weight excluding hydrogens is 613 g/mol. The molecule has 3 rings (SSSR count). The molecule has 2 unspecified atom stereocenters. The van der Waals surface area contributed by atoms with Crippen molar-refractivity contribution in [2.75, 3.05) is 13.2 Å². The third-order valence-electron chi connectivity index (χ3n) is 7.75. The standard InChI is InChI=1S/C37H45F3O7/c1-3-5-7-8-9-10-11-15-27-45-36(24-22-29(23-25-36)28-16-13-12-14-17-28)35(43)46-31-20-18-30(19-21-31)33(41)47-32(37(38,39)40)34(42)44-26-6-4-2/h12-14,16-24,32H,3-11,15,25-27H2,1-2H3. The van der Waals surface area contributed by atoms with Crippen LogP contribution in [0.25, 0.3) is 5.57 Å². The number of rotatable bonds is 19. The van der Waals surface area contributed by atoms with Crippen LogP contribution in [0.4, 0.5) is 13.2 Å². The van der Waals surface area contributed by atoms with Crippen LogP contribution in [0.2, 0.25) is 0 Å². The van der Waals surface area contributed by atoms with Crippen LogP contribution in [0.5, 0.6) is 5.75 Å². The van der Waals surface area contributed by atoms with Gasteiger partial charge >= 0.3 is 24.1 Å². The van der Waals surface area contributed by atoms with Crippen LogP contribution in [0.3, 0.4) is 0 Å². The second-order valence-corrected chi connectivity index (χ2v) is 11.5. The lowest BCUT2D eigenvalue weighted by Crippen LogP contribution is -2.43. The van der Waals surface area contributed by atoms with E-state index in [2.05, 4.69) is 16.4 Å². The van der Waals surface area contributed by atoms with E-state index in [4.69, 9.17) is 9.47 Å². The van der Waals surface area contributed by atoms with E-state index in [-0.39, 0.29) is 24.3 Å². The number of esters is 3. The van der Waals surface area contributed by atoms with Crippen LogP contribution in [0.15, 0.2) is 72.8 Å². The molecule has 10 heteroatoms. The summed E-state index contributed by atoms with van der Waals surface area (Å²) in [6, 6.07) is 14.6. The molecule has 0 saturated heterocycles. The van der Waals surface area contributed by atoms with Crippen molar-refractivity contribution < 1.29 is 46.5 Å². The zero-order valence-electron chi connectivity index (χ0n) is 27.2. The Morgan fingerprint density at radius 3 is 2.04 bits per heavy atom. The lowest BCUT2D eigenvalue weighted by molar-refractivity contribution is -0.218. The lowest BCUT2D eigenvalue weighted by atomic mass is 9.89. The first-order chi connectivity index (χ1) is 22.6. The molecular formula is C37H45F3O7. The number of carbonyl (C=O) groups excluding carboxylic acids is 3. The first-order valence-corrected chi connectivity index (χ1v) is 16.4. The maximum Gasteiger partial charge on any atom is 0.436 e. The summed E-state index contributed by atoms with van der Waals surface area (Å²) in [6.07, 6.45) is 7.39. The molecule has 0 fully saturated rings. The fraction of sp³-hybridized carbons (Fsp3) is 0.486. The highest BCUT2D eigenvalue weighted by Gasteiger charge is 2.49. The Bertz CT molecular complexity index is 1340. The van der Waals surface area contributed by atoms with Gasteiger partial charge in [-0.2, -0.15) is 13.2 Å². The van der Waals surface area contributed by atoms with Gasteiger partial charge in [0.05, 0.1) is 12.2 Å². The first-order valence-electron chi connectivity index (χ1n) is 16.4. The van der Waals surface area contributed by atoms with Crippen molar-refractivity contribution in [3.05, 3.63) is 84.0 Å². The smallest absolute Gasteiger partial charge is 0.436 e. The number of halogens is 3. The van der Waals surface area contributed by atoms with Gasteiger partial charge in [0, 0.05) is 13.0 Å². The molecule has 7 nitrogen and oxygen atoms in total. The average Bonchev–Trinajstić information content (AvgIpc) is 3.07. The Morgan fingerprint density at radius 1 is 0.809 bits per heavy atom. The molecule has 0 spiro atoms. The van der Waals surface area contributed by atoms with E-state index in [1.54, 1.807) is 13.0 Å². The molecule has 2 aromatic carbocycles. The van der Waals surface area contributed by atoms with Crippen LogP contribution in [-0.4, -0.2) is 49.0 Å². The molecule has 1 aliphatic carbocycles. The molecule has 47 heavy (non-hydrogen) atoms. The predicted molar refractivity (Wildman–Crippen MR) is 173 cm³/mol. The zero-order chi connectivity index (χ0) is 34.1. The highest BCUT2D eigenvalue weighted by Crippen LogP contribution is 2.32. The second-order valence-electron chi connectivity index (χ2n) is 11.5. The zero-order valence-corrected chi connectivity index (χ0v) is 27.2. The number of hydrogen-bond acceptors (Lipinski definition) is 7. The van der Waals surface area contributed by atoms with Gasteiger partial charge in [0.2, 0.25) is 0 Å². The van der Waals surface area contributed by atoms with Crippen molar-refractivity contribution in [1.29, 1.82) is 0 Å². The maximum atomic E-state index is 13.6. The van der Waals surface area contributed by atoms with Crippen molar-refractivity contribution in [1.82, 2.24) is 0 Å². The van der Waals surface area contributed by atoms with Crippen LogP contribution in [0.1, 0.15) is 100 Å². The van der Waals surface area contributed by atoms with Gasteiger partial charge in [0.1, 0.15) is 5.75 Å². The van der Waals surface area contributed by atoms with Crippen molar-refractivity contribution in [3.63, 3.8) is 0 Å². The molecule has 0 heterocycles. The van der Waals surface area contributed by atoms with E-state index in [1.165, 1.54) is 44.2 Å². The third-order valence-corrected chi connectivity index (χ3v) is 7.75. The van der Waals surface area contributed by atoms with Crippen molar-refractivity contribution in [2.24, 2.45) is 0 Å². The van der Waals surface area contributed by atoms with Crippen LogP contribution >= 0.6 is 0 Å². The summed E-state index contributed by atoms with van der Waals surface area (Å²) in [5.74, 6) is -3.68. The summed E-state index contributed by atoms with van der Waals surface area (Å²) >= 11 is 0. The van der Waals surface area contributed by atoms with Gasteiger partial charge in [-0.25, -0.2) is 14.4 Å². The molecule has 0 N–H and O–H groups in total. The number of allylic oxidation sites excluding steroid dienone is 2. The molecule has 256 valence electrons. The monoisotopic (exact) mass is 658 g/mol. The quantitative estimate of drug-likeness (QED) is 0.0846. The summed E-state index contributed by atoms with van der Waals surface area (Å²) < 4.78 is 61.3. The number of ether oxygens (including phenoxy) is 4. The van der Waals surface area contributed by atoms with E-state index in [1.807, 2.05) is 42.5 Å². The number of alkyl halides is 3. The van der Waals surface area contributed by atoms with Crippen LogP contribution < -0.4 is 4.74 Å². The summed E-state index contributed by atoms with van der Waals surface area (Å²) in [7, 11) is 0. The molecule has 2 atom stereocenters. The van der Waals surface area contributed by atoms with Gasteiger partial charge in [-0.3, -0.25) is 0 Å². The summed E-state index contributed by atoms with van der Waals surface area (Å²) in [4.78, 5) is 38.0. The Hall–Kier alpha value is -3.92. The fourth-order valence-corrected chi connectivity index (χ4v) is 4.94. The Morgan fingerprint density at radius 2 is 1.45 bits per heavy atom. The largest absolute Gasteiger partial charge is 0.463 e. The van der Waals surface area contributed by atoms with E-state index < -0.39 is 35.8 Å². The van der Waals surface area contributed by atoms with Gasteiger partial charge in [0.15, 0.2) is 5.60 Å². The van der Waals surface area contributed by atoms with Crippen LogP contribution in [-0.2, 0) is 23.8 Å². The predicted octanol–water partition coefficient (Wildman–Crippen LogP) is 8.96. The SMILES string of the molecule is CCCCCCCCCCOC1(C(=O)Oc2ccc(C(=O)OC(C(=O)OCCCC)C(F)(F)F)cc2)C=CC(c2ccccc2)=CC1. The summed E-state index contributed by atoms with van der Waals surface area (Å²) in [6.45, 7) is 4.11. The summed E-state index contributed by atoms with van der Waals surface area (Å²) in [5.41, 5.74) is 0.293. The second kappa shape index (κ2) is 19.0. The van der Waals surface area contributed by atoms with Crippen molar-refractivity contribution >= 4 is 23.5 Å². The highest BCUT2D eigenvalue weighted by molar-refractivity contribution is 5.92. The van der Waals surface area contributed by atoms with E-state index >= 15 is 0 Å². The van der Waals surface area contributed by atoms with E-state index in [0.717, 1.165) is 42.5 Å². The molecule has 0 amide bonds.